The van der Waals surface area contributed by atoms with E-state index in [0.29, 0.717) is 12.0 Å². The maximum absolute atomic E-state index is 5.73. The third-order valence-electron chi connectivity index (χ3n) is 3.73. The van der Waals surface area contributed by atoms with E-state index in [0.717, 1.165) is 18.8 Å². The van der Waals surface area contributed by atoms with Gasteiger partial charge in [0.1, 0.15) is 5.75 Å². The summed E-state index contributed by atoms with van der Waals surface area (Å²) >= 11 is 1.93. The predicted octanol–water partition coefficient (Wildman–Crippen LogP) is 3.28. The molecule has 2 rings (SSSR count). The van der Waals surface area contributed by atoms with Gasteiger partial charge in [-0.2, -0.15) is 11.8 Å². The third-order valence-corrected chi connectivity index (χ3v) is 4.37. The molecule has 0 fully saturated rings. The second kappa shape index (κ2) is 7.05. The molecular formula is C15H23NOS. The summed E-state index contributed by atoms with van der Waals surface area (Å²) in [5.41, 5.74) is 1.40. The predicted molar refractivity (Wildman–Crippen MR) is 79.8 cm³/mol. The quantitative estimate of drug-likeness (QED) is 0.853. The molecule has 1 aliphatic rings. The van der Waals surface area contributed by atoms with Crippen molar-refractivity contribution in [2.75, 3.05) is 25.7 Å². The Balaban J connectivity index is 2.01. The van der Waals surface area contributed by atoms with Crippen LogP contribution in [0.3, 0.4) is 0 Å². The van der Waals surface area contributed by atoms with Crippen LogP contribution in [0.25, 0.3) is 0 Å². The van der Waals surface area contributed by atoms with Gasteiger partial charge in [-0.3, -0.25) is 0 Å². The molecule has 1 N–H and O–H groups in total. The van der Waals surface area contributed by atoms with Crippen LogP contribution >= 0.6 is 11.8 Å². The average Bonchev–Trinajstić information content (AvgIpc) is 2.43. The summed E-state index contributed by atoms with van der Waals surface area (Å²) in [7, 11) is 2.08. The molecule has 0 bridgehead atoms. The Hall–Kier alpha value is -0.670. The largest absolute Gasteiger partial charge is 0.493 e. The first-order valence-corrected chi connectivity index (χ1v) is 8.12. The fourth-order valence-electron chi connectivity index (χ4n) is 2.64. The molecule has 18 heavy (non-hydrogen) atoms. The van der Waals surface area contributed by atoms with E-state index in [4.69, 9.17) is 4.74 Å². The first kappa shape index (κ1) is 13.8. The first-order chi connectivity index (χ1) is 8.85. The number of fused-ring (bicyclic) bond motifs is 1. The normalized spacial score (nSPS) is 20.0. The van der Waals surface area contributed by atoms with Crippen molar-refractivity contribution >= 4 is 11.8 Å². The van der Waals surface area contributed by atoms with Gasteiger partial charge in [-0.1, -0.05) is 18.2 Å². The van der Waals surface area contributed by atoms with Gasteiger partial charge in [0.25, 0.3) is 0 Å². The molecule has 2 nitrogen and oxygen atoms in total. The Bertz CT molecular complexity index is 369. The highest BCUT2D eigenvalue weighted by molar-refractivity contribution is 7.98. The van der Waals surface area contributed by atoms with Crippen LogP contribution in [0.4, 0.5) is 0 Å². The van der Waals surface area contributed by atoms with Gasteiger partial charge in [-0.25, -0.2) is 0 Å². The molecular weight excluding hydrogens is 242 g/mol. The van der Waals surface area contributed by atoms with Crippen molar-refractivity contribution in [2.24, 2.45) is 0 Å². The van der Waals surface area contributed by atoms with Gasteiger partial charge in [-0.05, 0) is 55.9 Å². The summed E-state index contributed by atoms with van der Waals surface area (Å²) in [6, 6.07) is 9.12. The van der Waals surface area contributed by atoms with Crippen LogP contribution in [0.1, 0.15) is 30.7 Å². The van der Waals surface area contributed by atoms with Crippen LogP contribution in [-0.4, -0.2) is 31.7 Å². The van der Waals surface area contributed by atoms with Crippen molar-refractivity contribution in [3.8, 4) is 5.75 Å². The van der Waals surface area contributed by atoms with E-state index in [1.165, 1.54) is 24.2 Å². The van der Waals surface area contributed by atoms with Gasteiger partial charge in [0.05, 0.1) is 6.61 Å². The minimum atomic E-state index is 0.619. The highest BCUT2D eigenvalue weighted by Gasteiger charge is 2.23. The molecule has 1 heterocycles. The maximum atomic E-state index is 5.73. The Morgan fingerprint density at radius 3 is 3.06 bits per heavy atom. The summed E-state index contributed by atoms with van der Waals surface area (Å²) in [5.74, 6) is 2.97. The molecule has 0 amide bonds. The maximum Gasteiger partial charge on any atom is 0.122 e. The second-order valence-corrected chi connectivity index (χ2v) is 5.86. The van der Waals surface area contributed by atoms with Crippen molar-refractivity contribution in [3.05, 3.63) is 29.8 Å². The molecule has 0 saturated heterocycles. The van der Waals surface area contributed by atoms with Crippen molar-refractivity contribution in [1.82, 2.24) is 5.32 Å². The number of para-hydroxylation sites is 1. The topological polar surface area (TPSA) is 21.3 Å². The minimum Gasteiger partial charge on any atom is -0.493 e. The molecule has 0 aliphatic carbocycles. The lowest BCUT2D eigenvalue weighted by atomic mass is 9.87. The van der Waals surface area contributed by atoms with E-state index in [1.54, 1.807) is 0 Å². The van der Waals surface area contributed by atoms with Crippen LogP contribution in [0.5, 0.6) is 5.75 Å². The molecule has 2 unspecified atom stereocenters. The molecule has 100 valence electrons. The second-order valence-electron chi connectivity index (χ2n) is 4.87. The van der Waals surface area contributed by atoms with E-state index < -0.39 is 0 Å². The minimum absolute atomic E-state index is 0.619. The van der Waals surface area contributed by atoms with Crippen molar-refractivity contribution in [2.45, 2.75) is 31.2 Å². The van der Waals surface area contributed by atoms with Gasteiger partial charge in [0.2, 0.25) is 0 Å². The van der Waals surface area contributed by atoms with E-state index >= 15 is 0 Å². The van der Waals surface area contributed by atoms with Crippen LogP contribution in [0.15, 0.2) is 24.3 Å². The zero-order valence-electron chi connectivity index (χ0n) is 11.3. The summed E-state index contributed by atoms with van der Waals surface area (Å²) in [5, 5.41) is 3.46. The van der Waals surface area contributed by atoms with Gasteiger partial charge < -0.3 is 10.1 Å². The lowest BCUT2D eigenvalue weighted by Crippen LogP contribution is -2.29. The summed E-state index contributed by atoms with van der Waals surface area (Å²) in [6.45, 7) is 0.862. The Morgan fingerprint density at radius 1 is 1.44 bits per heavy atom. The van der Waals surface area contributed by atoms with Crippen LogP contribution < -0.4 is 10.1 Å². The van der Waals surface area contributed by atoms with E-state index in [2.05, 4.69) is 42.9 Å². The highest BCUT2D eigenvalue weighted by Crippen LogP contribution is 2.36. The molecule has 0 spiro atoms. The first-order valence-electron chi connectivity index (χ1n) is 6.73. The molecule has 0 radical (unpaired) electrons. The van der Waals surface area contributed by atoms with Gasteiger partial charge in [-0.15, -0.1) is 0 Å². The zero-order chi connectivity index (χ0) is 12.8. The van der Waals surface area contributed by atoms with E-state index in [-0.39, 0.29) is 0 Å². The number of benzene rings is 1. The summed E-state index contributed by atoms with van der Waals surface area (Å²) in [6.07, 6.45) is 5.79. The summed E-state index contributed by atoms with van der Waals surface area (Å²) < 4.78 is 5.73. The third kappa shape index (κ3) is 3.42. The smallest absolute Gasteiger partial charge is 0.122 e. The lowest BCUT2D eigenvalue weighted by Gasteiger charge is -2.29. The fourth-order valence-corrected chi connectivity index (χ4v) is 3.16. The van der Waals surface area contributed by atoms with Crippen molar-refractivity contribution in [1.29, 1.82) is 0 Å². The van der Waals surface area contributed by atoms with Crippen molar-refractivity contribution in [3.63, 3.8) is 0 Å². The highest BCUT2D eigenvalue weighted by atomic mass is 32.2. The van der Waals surface area contributed by atoms with Gasteiger partial charge in [0.15, 0.2) is 0 Å². The zero-order valence-corrected chi connectivity index (χ0v) is 12.1. The van der Waals surface area contributed by atoms with Crippen LogP contribution in [-0.2, 0) is 0 Å². The fraction of sp³-hybridized carbons (Fsp3) is 0.600. The molecule has 1 aromatic rings. The number of rotatable bonds is 6. The Kier molecular flexibility index (Phi) is 5.39. The molecule has 0 aromatic heterocycles. The number of hydrogen-bond donors (Lipinski definition) is 1. The molecule has 1 aliphatic heterocycles. The lowest BCUT2D eigenvalue weighted by molar-refractivity contribution is 0.255. The molecule has 1 aromatic carbocycles. The van der Waals surface area contributed by atoms with Gasteiger partial charge >= 0.3 is 0 Å². The van der Waals surface area contributed by atoms with E-state index in [9.17, 15) is 0 Å². The monoisotopic (exact) mass is 265 g/mol. The number of ether oxygens (including phenoxy) is 1. The van der Waals surface area contributed by atoms with Gasteiger partial charge in [0, 0.05) is 6.04 Å². The Morgan fingerprint density at radius 2 is 2.28 bits per heavy atom. The SMILES string of the molecule is CNC(CCSC)CC1CCOc2ccccc21. The molecule has 0 saturated carbocycles. The number of nitrogens with one attached hydrogen (secondary N) is 1. The average molecular weight is 265 g/mol. The number of thioether (sulfide) groups is 1. The standard InChI is InChI=1S/C15H23NOS/c1-16-13(8-10-18-2)11-12-7-9-17-15-6-4-3-5-14(12)15/h3-6,12-13,16H,7-11H2,1-2H3. The Labute approximate surface area is 114 Å². The summed E-state index contributed by atoms with van der Waals surface area (Å²) in [4.78, 5) is 0. The van der Waals surface area contributed by atoms with Crippen molar-refractivity contribution < 1.29 is 4.74 Å². The van der Waals surface area contributed by atoms with Crippen LogP contribution in [0, 0.1) is 0 Å². The van der Waals surface area contributed by atoms with E-state index in [1.807, 2.05) is 11.8 Å². The molecule has 2 atom stereocenters. The molecule has 3 heteroatoms. The van der Waals surface area contributed by atoms with Crippen LogP contribution in [0.2, 0.25) is 0 Å². The number of hydrogen-bond acceptors (Lipinski definition) is 3.